The summed E-state index contributed by atoms with van der Waals surface area (Å²) < 4.78 is 0. The summed E-state index contributed by atoms with van der Waals surface area (Å²) in [7, 11) is 4.10. The van der Waals surface area contributed by atoms with Gasteiger partial charge in [0.1, 0.15) is 18.0 Å². The second kappa shape index (κ2) is 7.15. The number of rotatable bonds is 7. The largest absolute Gasteiger partial charge is 0.373 e. The molecule has 0 aliphatic carbocycles. The zero-order chi connectivity index (χ0) is 16.1. The van der Waals surface area contributed by atoms with E-state index in [2.05, 4.69) is 25.5 Å². The van der Waals surface area contributed by atoms with Crippen molar-refractivity contribution in [3.05, 3.63) is 56.3 Å². The maximum atomic E-state index is 11.1. The van der Waals surface area contributed by atoms with Crippen LogP contribution in [0.1, 0.15) is 21.3 Å². The fourth-order valence-electron chi connectivity index (χ4n) is 2.21. The molecule has 0 fully saturated rings. The second-order valence-corrected chi connectivity index (χ2v) is 6.16. The lowest BCUT2D eigenvalue weighted by molar-refractivity contribution is -0.889. The Kier molecular flexibility index (Phi) is 5.24. The van der Waals surface area contributed by atoms with E-state index < -0.39 is 4.92 Å². The Bertz CT molecular complexity index is 656. The number of thiophene rings is 1. The Labute approximate surface area is 132 Å². The highest BCUT2D eigenvalue weighted by Gasteiger charge is 2.21. The lowest BCUT2D eigenvalue weighted by Crippen LogP contribution is -3.06. The van der Waals surface area contributed by atoms with Crippen molar-refractivity contribution in [3.8, 4) is 0 Å². The Morgan fingerprint density at radius 1 is 1.41 bits per heavy atom. The van der Waals surface area contributed by atoms with Gasteiger partial charge in [0.05, 0.1) is 30.4 Å². The van der Waals surface area contributed by atoms with Crippen molar-refractivity contribution in [1.29, 1.82) is 0 Å². The average Bonchev–Trinajstić information content (AvgIpc) is 3.01. The van der Waals surface area contributed by atoms with Gasteiger partial charge < -0.3 is 10.2 Å². The summed E-state index contributed by atoms with van der Waals surface area (Å²) in [4.78, 5) is 23.9. The van der Waals surface area contributed by atoms with Crippen molar-refractivity contribution in [1.82, 2.24) is 0 Å². The van der Waals surface area contributed by atoms with Crippen LogP contribution in [-0.4, -0.2) is 31.8 Å². The van der Waals surface area contributed by atoms with Crippen LogP contribution in [0.4, 0.5) is 11.4 Å². The zero-order valence-electron chi connectivity index (χ0n) is 12.4. The van der Waals surface area contributed by atoms with Crippen molar-refractivity contribution in [2.75, 3.05) is 26.0 Å². The lowest BCUT2D eigenvalue weighted by Gasteiger charge is -2.21. The predicted molar refractivity (Wildman–Crippen MR) is 86.8 cm³/mol. The second-order valence-electron chi connectivity index (χ2n) is 5.18. The molecule has 116 valence electrons. The molecule has 0 saturated heterocycles. The molecule has 0 unspecified atom stereocenters. The molecule has 0 saturated carbocycles. The first-order chi connectivity index (χ1) is 10.5. The number of nitrogens with one attached hydrogen (secondary N) is 2. The highest BCUT2D eigenvalue weighted by Crippen LogP contribution is 2.26. The molecule has 2 N–H and O–H groups in total. The summed E-state index contributed by atoms with van der Waals surface area (Å²) >= 11 is 1.67. The van der Waals surface area contributed by atoms with Crippen LogP contribution in [0.25, 0.3) is 0 Å². The standard InChI is InChI=1S/C15H17N3O3S/c1-17(2)14(15-4-3-7-22-15)9-16-12-6-5-11(10-19)8-13(12)18(20)21/h3-8,10,14,16H,9H2,1-2H3/p+1/t14-/m1/s1. The Morgan fingerprint density at radius 2 is 2.18 bits per heavy atom. The van der Waals surface area contributed by atoms with Crippen molar-refractivity contribution >= 4 is 29.0 Å². The van der Waals surface area contributed by atoms with Gasteiger partial charge >= 0.3 is 0 Å². The van der Waals surface area contributed by atoms with E-state index in [1.807, 2.05) is 11.4 Å². The van der Waals surface area contributed by atoms with E-state index in [1.54, 1.807) is 23.5 Å². The van der Waals surface area contributed by atoms with Gasteiger partial charge in [0.15, 0.2) is 0 Å². The molecule has 1 atom stereocenters. The van der Waals surface area contributed by atoms with Crippen LogP contribution in [0.3, 0.4) is 0 Å². The van der Waals surface area contributed by atoms with Crippen molar-refractivity contribution in [2.45, 2.75) is 6.04 Å². The number of carbonyl (C=O) groups excluding carboxylic acids is 1. The number of hydrogen-bond acceptors (Lipinski definition) is 5. The fourth-order valence-corrected chi connectivity index (χ4v) is 3.17. The number of anilines is 1. The molecular weight excluding hydrogens is 302 g/mol. The number of carbonyl (C=O) groups is 1. The number of nitrogens with zero attached hydrogens (tertiary/aromatic N) is 1. The smallest absolute Gasteiger partial charge is 0.293 e. The molecule has 1 aromatic heterocycles. The van der Waals surface area contributed by atoms with Gasteiger partial charge in [-0.1, -0.05) is 6.07 Å². The molecule has 2 rings (SSSR count). The molecule has 0 amide bonds. The van der Waals surface area contributed by atoms with Crippen LogP contribution in [-0.2, 0) is 0 Å². The predicted octanol–water partition coefficient (Wildman–Crippen LogP) is 1.77. The van der Waals surface area contributed by atoms with Crippen LogP contribution in [0.5, 0.6) is 0 Å². The number of nitro benzene ring substituents is 1. The maximum absolute atomic E-state index is 11.1. The number of benzene rings is 1. The minimum Gasteiger partial charge on any atom is -0.373 e. The van der Waals surface area contributed by atoms with Crippen LogP contribution >= 0.6 is 11.3 Å². The fraction of sp³-hybridized carbons (Fsp3) is 0.267. The molecule has 22 heavy (non-hydrogen) atoms. The zero-order valence-corrected chi connectivity index (χ0v) is 13.2. The third-order valence-electron chi connectivity index (χ3n) is 3.43. The summed E-state index contributed by atoms with van der Waals surface area (Å²) in [5, 5.41) is 16.3. The summed E-state index contributed by atoms with van der Waals surface area (Å²) in [5.41, 5.74) is 0.645. The Morgan fingerprint density at radius 3 is 2.73 bits per heavy atom. The van der Waals surface area contributed by atoms with E-state index in [1.165, 1.54) is 15.8 Å². The molecule has 2 aromatic rings. The molecule has 0 aliphatic rings. The van der Waals surface area contributed by atoms with Gasteiger partial charge in [-0.15, -0.1) is 11.3 Å². The van der Waals surface area contributed by atoms with Gasteiger partial charge in [-0.3, -0.25) is 14.9 Å². The van der Waals surface area contributed by atoms with Gasteiger partial charge in [0, 0.05) is 11.6 Å². The van der Waals surface area contributed by atoms with E-state index in [0.29, 0.717) is 24.1 Å². The van der Waals surface area contributed by atoms with Crippen LogP contribution in [0, 0.1) is 10.1 Å². The van der Waals surface area contributed by atoms with Crippen LogP contribution in [0.2, 0.25) is 0 Å². The number of quaternary nitrogens is 1. The minimum atomic E-state index is -0.474. The highest BCUT2D eigenvalue weighted by atomic mass is 32.1. The first-order valence-electron chi connectivity index (χ1n) is 6.84. The number of likely N-dealkylation sites (N-methyl/N-ethyl adjacent to an activating group) is 1. The summed E-state index contributed by atoms with van der Waals surface area (Å²) in [6.45, 7) is 0.574. The molecule has 0 bridgehead atoms. The van der Waals surface area contributed by atoms with Gasteiger partial charge in [0.25, 0.3) is 5.69 Å². The van der Waals surface area contributed by atoms with Crippen molar-refractivity contribution in [2.24, 2.45) is 0 Å². The molecule has 0 aliphatic heterocycles. The third kappa shape index (κ3) is 3.69. The van der Waals surface area contributed by atoms with Crippen LogP contribution in [0.15, 0.2) is 35.7 Å². The van der Waals surface area contributed by atoms with Gasteiger partial charge in [-0.2, -0.15) is 0 Å². The SMILES string of the molecule is C[NH+](C)[C@H](CNc1ccc(C=O)cc1[N+](=O)[O-])c1cccs1. The molecular formula is C15H18N3O3S+. The summed E-state index contributed by atoms with van der Waals surface area (Å²) in [6.07, 6.45) is 0.606. The van der Waals surface area contributed by atoms with Gasteiger partial charge in [0.2, 0.25) is 0 Å². The minimum absolute atomic E-state index is 0.0803. The molecule has 6 nitrogen and oxygen atoms in total. The topological polar surface area (TPSA) is 76.7 Å². The molecule has 0 radical (unpaired) electrons. The molecule has 1 aromatic carbocycles. The number of hydrogen-bond donors (Lipinski definition) is 2. The van der Waals surface area contributed by atoms with E-state index >= 15 is 0 Å². The average molecular weight is 320 g/mol. The quantitative estimate of drug-likeness (QED) is 0.463. The molecule has 1 heterocycles. The highest BCUT2D eigenvalue weighted by molar-refractivity contribution is 7.10. The monoisotopic (exact) mass is 320 g/mol. The Balaban J connectivity index is 2.19. The van der Waals surface area contributed by atoms with E-state index in [4.69, 9.17) is 0 Å². The van der Waals surface area contributed by atoms with E-state index in [0.717, 1.165) is 0 Å². The van der Waals surface area contributed by atoms with Crippen molar-refractivity contribution in [3.63, 3.8) is 0 Å². The van der Waals surface area contributed by atoms with Gasteiger partial charge in [-0.25, -0.2) is 0 Å². The normalized spacial score (nSPS) is 12.1. The third-order valence-corrected chi connectivity index (χ3v) is 4.42. The van der Waals surface area contributed by atoms with E-state index in [9.17, 15) is 14.9 Å². The van der Waals surface area contributed by atoms with E-state index in [-0.39, 0.29) is 11.7 Å². The number of nitro groups is 1. The summed E-state index contributed by atoms with van der Waals surface area (Å²) in [6, 6.07) is 8.71. The maximum Gasteiger partial charge on any atom is 0.293 e. The Hall–Kier alpha value is -2.25. The lowest BCUT2D eigenvalue weighted by atomic mass is 10.1. The van der Waals surface area contributed by atoms with Crippen molar-refractivity contribution < 1.29 is 14.6 Å². The molecule has 0 spiro atoms. The molecule has 7 heteroatoms. The number of aldehydes is 1. The van der Waals surface area contributed by atoms with Crippen LogP contribution < -0.4 is 10.2 Å². The van der Waals surface area contributed by atoms with Gasteiger partial charge in [-0.05, 0) is 23.6 Å². The summed E-state index contributed by atoms with van der Waals surface area (Å²) in [5.74, 6) is 0. The first-order valence-corrected chi connectivity index (χ1v) is 7.72. The first kappa shape index (κ1) is 16.1.